The molecule has 0 unspecified atom stereocenters. The van der Waals surface area contributed by atoms with E-state index >= 15 is 0 Å². The predicted molar refractivity (Wildman–Crippen MR) is 105 cm³/mol. The summed E-state index contributed by atoms with van der Waals surface area (Å²) in [7, 11) is 1.89. The van der Waals surface area contributed by atoms with Crippen LogP contribution < -0.4 is 10.6 Å². The molecule has 3 aromatic rings. The highest BCUT2D eigenvalue weighted by atomic mass is 16.5. The van der Waals surface area contributed by atoms with E-state index in [9.17, 15) is 4.79 Å². The van der Waals surface area contributed by atoms with Crippen molar-refractivity contribution in [3.05, 3.63) is 47.5 Å². The smallest absolute Gasteiger partial charge is 0.257 e. The lowest BCUT2D eigenvalue weighted by molar-refractivity contribution is -0.119. The van der Waals surface area contributed by atoms with Gasteiger partial charge >= 0.3 is 0 Å². The second-order valence-electron chi connectivity index (χ2n) is 7.21. The number of hydrogen-bond acceptors (Lipinski definition) is 6. The van der Waals surface area contributed by atoms with Gasteiger partial charge in [-0.2, -0.15) is 10.1 Å². The number of nitrogens with zero attached hydrogens (tertiary/aromatic N) is 4. The maximum absolute atomic E-state index is 13.0. The number of aryl methyl sites for hydroxylation is 3. The quantitative estimate of drug-likeness (QED) is 0.705. The molecule has 1 aliphatic heterocycles. The summed E-state index contributed by atoms with van der Waals surface area (Å²) in [5.41, 5.74) is 3.62. The standard InChI is InChI=1S/C20H24N6O2/c1-4-18-24-20(28-25-18)13-6-5-12(2)17(7-13)23-19(27)16-10-21-9-15(16)14-8-22-26(3)11-14/h5-8,11,15-16,21H,4,9-10H2,1-3H3,(H,23,27)/t15-,16+/m1/s1. The first kappa shape index (κ1) is 18.4. The minimum atomic E-state index is -0.151. The summed E-state index contributed by atoms with van der Waals surface area (Å²) in [6.07, 6.45) is 4.53. The summed E-state index contributed by atoms with van der Waals surface area (Å²) < 4.78 is 7.09. The molecular formula is C20H24N6O2. The molecular weight excluding hydrogens is 356 g/mol. The third-order valence-corrected chi connectivity index (χ3v) is 5.23. The Bertz CT molecular complexity index is 992. The lowest BCUT2D eigenvalue weighted by Crippen LogP contribution is -2.28. The molecule has 4 rings (SSSR count). The Morgan fingerprint density at radius 2 is 2.25 bits per heavy atom. The van der Waals surface area contributed by atoms with E-state index < -0.39 is 0 Å². The molecule has 8 nitrogen and oxygen atoms in total. The molecule has 28 heavy (non-hydrogen) atoms. The third-order valence-electron chi connectivity index (χ3n) is 5.23. The summed E-state index contributed by atoms with van der Waals surface area (Å²) in [6.45, 7) is 5.36. The fraction of sp³-hybridized carbons (Fsp3) is 0.400. The van der Waals surface area contributed by atoms with Crippen LogP contribution in [0.1, 0.15) is 29.8 Å². The molecule has 0 spiro atoms. The minimum Gasteiger partial charge on any atom is -0.334 e. The molecule has 2 atom stereocenters. The van der Waals surface area contributed by atoms with E-state index in [-0.39, 0.29) is 17.7 Å². The Hall–Kier alpha value is -3.00. The molecule has 8 heteroatoms. The second kappa shape index (κ2) is 7.55. The van der Waals surface area contributed by atoms with E-state index in [1.807, 2.05) is 51.5 Å². The number of carbonyl (C=O) groups excluding carboxylic acids is 1. The van der Waals surface area contributed by atoms with Crippen molar-refractivity contribution in [1.82, 2.24) is 25.2 Å². The van der Waals surface area contributed by atoms with Crippen LogP contribution in [-0.4, -0.2) is 38.9 Å². The first-order chi connectivity index (χ1) is 13.5. The van der Waals surface area contributed by atoms with Gasteiger partial charge in [0.1, 0.15) is 0 Å². The topological polar surface area (TPSA) is 97.9 Å². The van der Waals surface area contributed by atoms with Crippen LogP contribution in [0, 0.1) is 12.8 Å². The van der Waals surface area contributed by atoms with Gasteiger partial charge in [-0.3, -0.25) is 9.48 Å². The number of amides is 1. The molecule has 1 aromatic carbocycles. The van der Waals surface area contributed by atoms with Crippen molar-refractivity contribution < 1.29 is 9.32 Å². The summed E-state index contributed by atoms with van der Waals surface area (Å²) in [6, 6.07) is 5.77. The number of benzene rings is 1. The maximum atomic E-state index is 13.0. The molecule has 2 aromatic heterocycles. The van der Waals surface area contributed by atoms with Crippen LogP contribution in [0.25, 0.3) is 11.5 Å². The Kier molecular flexibility index (Phi) is 4.95. The van der Waals surface area contributed by atoms with Crippen molar-refractivity contribution in [3.8, 4) is 11.5 Å². The zero-order chi connectivity index (χ0) is 19.7. The highest BCUT2D eigenvalue weighted by Gasteiger charge is 2.34. The molecule has 2 N–H and O–H groups in total. The van der Waals surface area contributed by atoms with Gasteiger partial charge in [0.15, 0.2) is 5.82 Å². The SMILES string of the molecule is CCc1noc(-c2ccc(C)c(NC(=O)[C@H]3CNC[C@@H]3c3cnn(C)c3)c2)n1. The van der Waals surface area contributed by atoms with Crippen LogP contribution in [0.2, 0.25) is 0 Å². The summed E-state index contributed by atoms with van der Waals surface area (Å²) in [5.74, 6) is 1.09. The number of hydrogen-bond donors (Lipinski definition) is 2. The number of nitrogens with one attached hydrogen (secondary N) is 2. The number of carbonyl (C=O) groups is 1. The normalized spacial score (nSPS) is 19.1. The van der Waals surface area contributed by atoms with Crippen molar-refractivity contribution in [2.45, 2.75) is 26.2 Å². The van der Waals surface area contributed by atoms with Gasteiger partial charge in [-0.25, -0.2) is 0 Å². The van der Waals surface area contributed by atoms with Crippen molar-refractivity contribution >= 4 is 11.6 Å². The van der Waals surface area contributed by atoms with E-state index in [4.69, 9.17) is 4.52 Å². The third kappa shape index (κ3) is 3.55. The first-order valence-corrected chi connectivity index (χ1v) is 9.49. The molecule has 1 saturated heterocycles. The summed E-state index contributed by atoms with van der Waals surface area (Å²) in [5, 5.41) is 14.6. The Morgan fingerprint density at radius 3 is 2.96 bits per heavy atom. The monoisotopic (exact) mass is 380 g/mol. The second-order valence-corrected chi connectivity index (χ2v) is 7.21. The van der Waals surface area contributed by atoms with Gasteiger partial charge in [-0.15, -0.1) is 0 Å². The molecule has 1 aliphatic rings. The number of anilines is 1. The van der Waals surface area contributed by atoms with Gasteiger partial charge in [0.2, 0.25) is 5.91 Å². The lowest BCUT2D eigenvalue weighted by atomic mass is 9.90. The number of aromatic nitrogens is 4. The van der Waals surface area contributed by atoms with Gasteiger partial charge in [0.25, 0.3) is 5.89 Å². The lowest BCUT2D eigenvalue weighted by Gasteiger charge is -2.18. The van der Waals surface area contributed by atoms with Crippen molar-refractivity contribution in [1.29, 1.82) is 0 Å². The number of rotatable bonds is 5. The molecule has 0 radical (unpaired) electrons. The highest BCUT2D eigenvalue weighted by Crippen LogP contribution is 2.30. The fourth-order valence-corrected chi connectivity index (χ4v) is 3.57. The van der Waals surface area contributed by atoms with E-state index in [0.717, 1.165) is 28.9 Å². The Balaban J connectivity index is 1.54. The van der Waals surface area contributed by atoms with E-state index in [0.29, 0.717) is 24.7 Å². The zero-order valence-corrected chi connectivity index (χ0v) is 16.3. The van der Waals surface area contributed by atoms with E-state index in [2.05, 4.69) is 25.9 Å². The summed E-state index contributed by atoms with van der Waals surface area (Å²) >= 11 is 0. The van der Waals surface area contributed by atoms with Crippen LogP contribution in [0.15, 0.2) is 35.1 Å². The average Bonchev–Trinajstić information content (AvgIpc) is 3.43. The predicted octanol–water partition coefficient (Wildman–Crippen LogP) is 2.28. The van der Waals surface area contributed by atoms with Crippen molar-refractivity contribution in [3.63, 3.8) is 0 Å². The van der Waals surface area contributed by atoms with E-state index in [1.165, 1.54) is 0 Å². The Morgan fingerprint density at radius 1 is 1.39 bits per heavy atom. The van der Waals surface area contributed by atoms with Crippen molar-refractivity contribution in [2.75, 3.05) is 18.4 Å². The van der Waals surface area contributed by atoms with Gasteiger partial charge in [-0.05, 0) is 30.2 Å². The highest BCUT2D eigenvalue weighted by molar-refractivity contribution is 5.94. The molecule has 0 saturated carbocycles. The molecule has 3 heterocycles. The van der Waals surface area contributed by atoms with Gasteiger partial charge < -0.3 is 15.2 Å². The van der Waals surface area contributed by atoms with Gasteiger partial charge in [0, 0.05) is 49.9 Å². The molecule has 0 aliphatic carbocycles. The average molecular weight is 380 g/mol. The van der Waals surface area contributed by atoms with E-state index in [1.54, 1.807) is 4.68 Å². The van der Waals surface area contributed by atoms with Crippen LogP contribution in [0.4, 0.5) is 5.69 Å². The van der Waals surface area contributed by atoms with Gasteiger partial charge in [0.05, 0.1) is 12.1 Å². The summed E-state index contributed by atoms with van der Waals surface area (Å²) in [4.78, 5) is 17.4. The van der Waals surface area contributed by atoms with Crippen LogP contribution in [0.3, 0.4) is 0 Å². The molecule has 1 fully saturated rings. The maximum Gasteiger partial charge on any atom is 0.257 e. The fourth-order valence-electron chi connectivity index (χ4n) is 3.57. The van der Waals surface area contributed by atoms with Crippen LogP contribution in [0.5, 0.6) is 0 Å². The van der Waals surface area contributed by atoms with Crippen LogP contribution >= 0.6 is 0 Å². The van der Waals surface area contributed by atoms with Crippen LogP contribution in [-0.2, 0) is 18.3 Å². The van der Waals surface area contributed by atoms with Crippen molar-refractivity contribution in [2.24, 2.45) is 13.0 Å². The Labute approximate surface area is 163 Å². The molecule has 146 valence electrons. The molecule has 1 amide bonds. The minimum absolute atomic E-state index is 0.00104. The molecule has 0 bridgehead atoms. The van der Waals surface area contributed by atoms with Gasteiger partial charge in [-0.1, -0.05) is 18.1 Å². The zero-order valence-electron chi connectivity index (χ0n) is 16.3. The largest absolute Gasteiger partial charge is 0.334 e. The first-order valence-electron chi connectivity index (χ1n) is 9.49.